The van der Waals surface area contributed by atoms with Crippen LogP contribution in [0.2, 0.25) is 0 Å². The highest BCUT2D eigenvalue weighted by Crippen LogP contribution is 2.16. The van der Waals surface area contributed by atoms with Crippen molar-refractivity contribution in [2.45, 2.75) is 26.7 Å². The van der Waals surface area contributed by atoms with E-state index in [-0.39, 0.29) is 12.3 Å². The van der Waals surface area contributed by atoms with E-state index < -0.39 is 10.0 Å². The minimum Gasteiger partial charge on any atom is -0.357 e. The summed E-state index contributed by atoms with van der Waals surface area (Å²) < 4.78 is 27.2. The number of hydrogen-bond donors (Lipinski definition) is 1. The van der Waals surface area contributed by atoms with E-state index in [1.165, 1.54) is 6.42 Å². The normalized spacial score (nSPS) is 22.0. The van der Waals surface area contributed by atoms with Gasteiger partial charge in [0.2, 0.25) is 10.0 Å². The number of sulfonamides is 1. The Hall–Kier alpha value is -1.87. The molecule has 29 heavy (non-hydrogen) atoms. The molecule has 2 fully saturated rings. The highest BCUT2D eigenvalue weighted by Gasteiger charge is 2.27. The van der Waals surface area contributed by atoms with E-state index in [9.17, 15) is 8.42 Å². The number of guanidine groups is 1. The number of aromatic nitrogens is 1. The molecular formula is C20H34N6O2S. The number of hydrogen-bond acceptors (Lipinski definition) is 5. The van der Waals surface area contributed by atoms with Gasteiger partial charge in [0.05, 0.1) is 12.3 Å². The number of rotatable bonds is 6. The van der Waals surface area contributed by atoms with Gasteiger partial charge >= 0.3 is 0 Å². The molecule has 1 aromatic heterocycles. The molecule has 1 aromatic rings. The van der Waals surface area contributed by atoms with Crippen molar-refractivity contribution in [3.8, 4) is 0 Å². The van der Waals surface area contributed by atoms with Gasteiger partial charge in [-0.1, -0.05) is 13.0 Å². The quantitative estimate of drug-likeness (QED) is 0.549. The maximum Gasteiger partial charge on any atom is 0.216 e. The third-order valence-corrected chi connectivity index (χ3v) is 7.36. The summed E-state index contributed by atoms with van der Waals surface area (Å²) in [5.41, 5.74) is 0. The average molecular weight is 423 g/mol. The van der Waals surface area contributed by atoms with Crippen molar-refractivity contribution in [1.29, 1.82) is 0 Å². The molecule has 1 unspecified atom stereocenters. The average Bonchev–Trinajstić information content (AvgIpc) is 2.74. The molecule has 1 N–H and O–H groups in total. The lowest BCUT2D eigenvalue weighted by Gasteiger charge is -2.35. The molecule has 0 aromatic carbocycles. The summed E-state index contributed by atoms with van der Waals surface area (Å²) >= 11 is 0. The molecule has 0 radical (unpaired) electrons. The fourth-order valence-corrected chi connectivity index (χ4v) is 5.24. The van der Waals surface area contributed by atoms with E-state index >= 15 is 0 Å². The van der Waals surface area contributed by atoms with E-state index in [1.54, 1.807) is 10.5 Å². The van der Waals surface area contributed by atoms with Gasteiger partial charge < -0.3 is 15.1 Å². The lowest BCUT2D eigenvalue weighted by atomic mass is 10.0. The zero-order valence-corrected chi connectivity index (χ0v) is 18.4. The van der Waals surface area contributed by atoms with Crippen LogP contribution in [0.3, 0.4) is 0 Å². The SMILES string of the molecule is CCNC(=NCCS(=O)(=O)N1CCN(c2ccccn2)CC1)N1CCCC(C)C1. The summed E-state index contributed by atoms with van der Waals surface area (Å²) in [7, 11) is -3.31. The highest BCUT2D eigenvalue weighted by molar-refractivity contribution is 7.89. The van der Waals surface area contributed by atoms with Crippen LogP contribution >= 0.6 is 0 Å². The highest BCUT2D eigenvalue weighted by atomic mass is 32.2. The molecule has 0 bridgehead atoms. The number of piperazine rings is 1. The van der Waals surface area contributed by atoms with Crippen LogP contribution in [0.4, 0.5) is 5.82 Å². The minimum atomic E-state index is -3.31. The van der Waals surface area contributed by atoms with Crippen LogP contribution in [0.15, 0.2) is 29.4 Å². The van der Waals surface area contributed by atoms with Crippen molar-refractivity contribution in [3.05, 3.63) is 24.4 Å². The zero-order valence-electron chi connectivity index (χ0n) is 17.6. The first-order valence-corrected chi connectivity index (χ1v) is 12.3. The first-order chi connectivity index (χ1) is 14.0. The monoisotopic (exact) mass is 422 g/mol. The maximum absolute atomic E-state index is 12.8. The van der Waals surface area contributed by atoms with Gasteiger partial charge in [-0.05, 0) is 37.8 Å². The molecule has 0 spiro atoms. The van der Waals surface area contributed by atoms with Crippen LogP contribution in [0.5, 0.6) is 0 Å². The molecule has 0 aliphatic carbocycles. The van der Waals surface area contributed by atoms with Gasteiger partial charge in [-0.2, -0.15) is 4.31 Å². The molecule has 0 amide bonds. The van der Waals surface area contributed by atoms with Gasteiger partial charge in [0, 0.05) is 52.0 Å². The number of aliphatic imine (C=N–C) groups is 1. The van der Waals surface area contributed by atoms with Crippen LogP contribution < -0.4 is 10.2 Å². The second-order valence-corrected chi connectivity index (χ2v) is 9.91. The Balaban J connectivity index is 1.53. The smallest absolute Gasteiger partial charge is 0.216 e. The summed E-state index contributed by atoms with van der Waals surface area (Å²) in [6.45, 7) is 9.64. The molecular weight excluding hydrogens is 388 g/mol. The summed E-state index contributed by atoms with van der Waals surface area (Å²) in [4.78, 5) is 13.4. The second-order valence-electron chi connectivity index (χ2n) is 7.82. The molecule has 3 rings (SSSR count). The van der Waals surface area contributed by atoms with Gasteiger partial charge in [-0.15, -0.1) is 0 Å². The van der Waals surface area contributed by atoms with Crippen molar-refractivity contribution in [1.82, 2.24) is 19.5 Å². The van der Waals surface area contributed by atoms with Crippen molar-refractivity contribution in [2.75, 3.05) is 63.0 Å². The second kappa shape index (κ2) is 10.2. The Morgan fingerprint density at radius 2 is 2.03 bits per heavy atom. The number of nitrogens with zero attached hydrogens (tertiary/aromatic N) is 5. The van der Waals surface area contributed by atoms with Gasteiger partial charge in [0.25, 0.3) is 0 Å². The van der Waals surface area contributed by atoms with Gasteiger partial charge in [-0.3, -0.25) is 4.99 Å². The van der Waals surface area contributed by atoms with Crippen molar-refractivity contribution in [2.24, 2.45) is 10.9 Å². The third-order valence-electron chi connectivity index (χ3n) is 5.51. The first-order valence-electron chi connectivity index (χ1n) is 10.7. The number of piperidine rings is 1. The van der Waals surface area contributed by atoms with E-state index in [0.717, 1.165) is 37.8 Å². The van der Waals surface area contributed by atoms with Crippen LogP contribution in [0.1, 0.15) is 26.7 Å². The Labute approximate surface area is 175 Å². The molecule has 162 valence electrons. The van der Waals surface area contributed by atoms with E-state index in [4.69, 9.17) is 0 Å². The summed E-state index contributed by atoms with van der Waals surface area (Å²) in [5, 5.41) is 3.32. The van der Waals surface area contributed by atoms with Crippen molar-refractivity contribution >= 4 is 21.8 Å². The van der Waals surface area contributed by atoms with E-state index in [0.29, 0.717) is 32.1 Å². The van der Waals surface area contributed by atoms with E-state index in [1.807, 2.05) is 25.1 Å². The molecule has 3 heterocycles. The summed E-state index contributed by atoms with van der Waals surface area (Å²) in [5.74, 6) is 2.44. The van der Waals surface area contributed by atoms with Gasteiger partial charge in [0.15, 0.2) is 5.96 Å². The van der Waals surface area contributed by atoms with E-state index in [2.05, 4.69) is 32.0 Å². The summed E-state index contributed by atoms with van der Waals surface area (Å²) in [6.07, 6.45) is 4.17. The molecule has 2 saturated heterocycles. The standard InChI is InChI=1S/C20H34N6O2S/c1-3-21-20(25-11-6-7-18(2)17-25)23-10-16-29(27,28)26-14-12-24(13-15-26)19-8-4-5-9-22-19/h4-5,8-9,18H,3,6-7,10-17H2,1-2H3,(H,21,23). The van der Waals surface area contributed by atoms with Crippen LogP contribution in [0, 0.1) is 5.92 Å². The molecule has 2 aliphatic heterocycles. The third kappa shape index (κ3) is 6.05. The number of likely N-dealkylation sites (tertiary alicyclic amines) is 1. The Morgan fingerprint density at radius 3 is 2.69 bits per heavy atom. The Kier molecular flexibility index (Phi) is 7.71. The topological polar surface area (TPSA) is 81.1 Å². The molecule has 9 heteroatoms. The largest absolute Gasteiger partial charge is 0.357 e. The lowest BCUT2D eigenvalue weighted by Crippen LogP contribution is -2.50. The number of anilines is 1. The molecule has 2 aliphatic rings. The van der Waals surface area contributed by atoms with Crippen LogP contribution in [-0.4, -0.2) is 86.7 Å². The fourth-order valence-electron chi connectivity index (χ4n) is 3.94. The molecule has 0 saturated carbocycles. The Morgan fingerprint density at radius 1 is 1.24 bits per heavy atom. The zero-order chi connectivity index (χ0) is 20.7. The number of pyridine rings is 1. The lowest BCUT2D eigenvalue weighted by molar-refractivity contribution is 0.266. The fraction of sp³-hybridized carbons (Fsp3) is 0.700. The maximum atomic E-state index is 12.8. The minimum absolute atomic E-state index is 0.0505. The van der Waals surface area contributed by atoms with Gasteiger partial charge in [0.1, 0.15) is 5.82 Å². The van der Waals surface area contributed by atoms with Gasteiger partial charge in [-0.25, -0.2) is 13.4 Å². The molecule has 1 atom stereocenters. The van der Waals surface area contributed by atoms with Crippen LogP contribution in [-0.2, 0) is 10.0 Å². The summed E-state index contributed by atoms with van der Waals surface area (Å²) in [6, 6.07) is 5.80. The van der Waals surface area contributed by atoms with Crippen LogP contribution in [0.25, 0.3) is 0 Å². The predicted octanol–water partition coefficient (Wildman–Crippen LogP) is 1.23. The Bertz CT molecular complexity index is 762. The van der Waals surface area contributed by atoms with Crippen molar-refractivity contribution in [3.63, 3.8) is 0 Å². The van der Waals surface area contributed by atoms with Crippen molar-refractivity contribution < 1.29 is 8.42 Å². The first kappa shape index (κ1) is 21.8. The molecule has 8 nitrogen and oxygen atoms in total. The number of nitrogens with one attached hydrogen (secondary N) is 1. The predicted molar refractivity (Wildman–Crippen MR) is 118 cm³/mol.